The Labute approximate surface area is 208 Å². The summed E-state index contributed by atoms with van der Waals surface area (Å²) in [4.78, 5) is 19.7. The lowest BCUT2D eigenvalue weighted by Crippen LogP contribution is -2.13. The van der Waals surface area contributed by atoms with E-state index in [9.17, 15) is 10.1 Å². The molecule has 0 saturated carbocycles. The average molecular weight is 484 g/mol. The Balaban J connectivity index is 1.60. The van der Waals surface area contributed by atoms with E-state index in [2.05, 4.69) is 18.3 Å². The third kappa shape index (κ3) is 4.22. The van der Waals surface area contributed by atoms with Gasteiger partial charge in [-0.3, -0.25) is 4.79 Å². The predicted octanol–water partition coefficient (Wildman–Crippen LogP) is 6.23. The van der Waals surface area contributed by atoms with Gasteiger partial charge in [-0.1, -0.05) is 25.1 Å². The number of thiophene rings is 1. The van der Waals surface area contributed by atoms with Crippen LogP contribution in [-0.2, 0) is 12.8 Å². The van der Waals surface area contributed by atoms with Crippen LogP contribution in [0.2, 0.25) is 0 Å². The number of ether oxygens (including phenoxy) is 2. The van der Waals surface area contributed by atoms with Gasteiger partial charge < -0.3 is 14.8 Å². The van der Waals surface area contributed by atoms with E-state index in [4.69, 9.17) is 14.5 Å². The number of carbonyl (C=O) groups is 1. The first kappa shape index (κ1) is 22.9. The molecule has 0 saturated heterocycles. The van der Waals surface area contributed by atoms with Crippen LogP contribution in [0.1, 0.15) is 39.7 Å². The second kappa shape index (κ2) is 9.40. The van der Waals surface area contributed by atoms with Gasteiger partial charge in [0.2, 0.25) is 0 Å². The predicted molar refractivity (Wildman–Crippen MR) is 138 cm³/mol. The topological polar surface area (TPSA) is 84.2 Å². The SMILES string of the molecule is COc1ccc(OC)c(-c2cc(C(=O)Nc3sc4c(c3C#N)CC[C@@H](C)C4)c3ccccc3n2)c1. The second-order valence-electron chi connectivity index (χ2n) is 8.76. The maximum absolute atomic E-state index is 13.6. The average Bonchev–Trinajstić information content (AvgIpc) is 3.23. The zero-order valence-corrected chi connectivity index (χ0v) is 20.7. The van der Waals surface area contributed by atoms with Crippen LogP contribution in [0, 0.1) is 17.2 Å². The van der Waals surface area contributed by atoms with E-state index in [1.165, 1.54) is 16.2 Å². The minimum atomic E-state index is -0.269. The fraction of sp³-hybridized carbons (Fsp3) is 0.250. The Morgan fingerprint density at radius 2 is 2.00 bits per heavy atom. The smallest absolute Gasteiger partial charge is 0.257 e. The Morgan fingerprint density at radius 3 is 2.77 bits per heavy atom. The number of hydrogen-bond donors (Lipinski definition) is 1. The molecule has 6 nitrogen and oxygen atoms in total. The minimum absolute atomic E-state index is 0.269. The molecule has 0 radical (unpaired) electrons. The highest BCUT2D eigenvalue weighted by molar-refractivity contribution is 7.16. The summed E-state index contributed by atoms with van der Waals surface area (Å²) >= 11 is 1.52. The number of methoxy groups -OCH3 is 2. The number of para-hydroxylation sites is 1. The van der Waals surface area contributed by atoms with Crippen LogP contribution in [-0.4, -0.2) is 25.1 Å². The van der Waals surface area contributed by atoms with Crippen molar-refractivity contribution >= 4 is 33.1 Å². The third-order valence-corrected chi connectivity index (χ3v) is 7.66. The molecule has 1 aliphatic carbocycles. The Morgan fingerprint density at radius 1 is 1.17 bits per heavy atom. The molecule has 1 aliphatic rings. The van der Waals surface area contributed by atoms with Crippen LogP contribution in [0.3, 0.4) is 0 Å². The number of pyridine rings is 1. The summed E-state index contributed by atoms with van der Waals surface area (Å²) in [7, 11) is 3.20. The molecule has 1 N–H and O–H groups in total. The first-order valence-corrected chi connectivity index (χ1v) is 12.3. The molecule has 2 aromatic carbocycles. The Kier molecular flexibility index (Phi) is 6.14. The van der Waals surface area contributed by atoms with E-state index >= 15 is 0 Å². The number of hydrogen-bond acceptors (Lipinski definition) is 6. The van der Waals surface area contributed by atoms with Crippen molar-refractivity contribution in [3.05, 3.63) is 70.1 Å². The molecular weight excluding hydrogens is 458 g/mol. The second-order valence-corrected chi connectivity index (χ2v) is 9.87. The van der Waals surface area contributed by atoms with Crippen molar-refractivity contribution in [1.82, 2.24) is 4.98 Å². The summed E-state index contributed by atoms with van der Waals surface area (Å²) in [5, 5.41) is 14.3. The van der Waals surface area contributed by atoms with Gasteiger partial charge in [0.25, 0.3) is 5.91 Å². The largest absolute Gasteiger partial charge is 0.497 e. The lowest BCUT2D eigenvalue weighted by molar-refractivity contribution is 0.102. The molecule has 0 unspecified atom stereocenters. The Bertz CT molecular complexity index is 1490. The van der Waals surface area contributed by atoms with E-state index < -0.39 is 0 Å². The van der Waals surface area contributed by atoms with E-state index in [0.717, 1.165) is 35.8 Å². The van der Waals surface area contributed by atoms with Gasteiger partial charge in [0.05, 0.1) is 36.6 Å². The summed E-state index contributed by atoms with van der Waals surface area (Å²) in [5.41, 5.74) is 4.19. The summed E-state index contributed by atoms with van der Waals surface area (Å²) < 4.78 is 11.0. The first-order chi connectivity index (χ1) is 17.0. The van der Waals surface area contributed by atoms with Crippen molar-refractivity contribution in [2.75, 3.05) is 19.5 Å². The van der Waals surface area contributed by atoms with Crippen molar-refractivity contribution in [2.24, 2.45) is 5.92 Å². The van der Waals surface area contributed by atoms with Gasteiger partial charge in [-0.15, -0.1) is 11.3 Å². The molecule has 0 aliphatic heterocycles. The highest BCUT2D eigenvalue weighted by Gasteiger charge is 2.25. The third-order valence-electron chi connectivity index (χ3n) is 6.49. The van der Waals surface area contributed by atoms with Crippen molar-refractivity contribution in [3.63, 3.8) is 0 Å². The van der Waals surface area contributed by atoms with E-state index in [-0.39, 0.29) is 5.91 Å². The molecule has 2 aromatic heterocycles. The number of nitrogens with zero attached hydrogens (tertiary/aromatic N) is 2. The molecule has 0 spiro atoms. The van der Waals surface area contributed by atoms with Gasteiger partial charge in [0, 0.05) is 15.8 Å². The number of nitrogens with one attached hydrogen (secondary N) is 1. The molecule has 1 amide bonds. The van der Waals surface area contributed by atoms with Crippen LogP contribution >= 0.6 is 11.3 Å². The Hall–Kier alpha value is -3.89. The summed E-state index contributed by atoms with van der Waals surface area (Å²) in [6.45, 7) is 2.23. The summed E-state index contributed by atoms with van der Waals surface area (Å²) in [6.07, 6.45) is 2.89. The van der Waals surface area contributed by atoms with Gasteiger partial charge in [-0.25, -0.2) is 4.98 Å². The number of anilines is 1. The number of carbonyl (C=O) groups excluding carboxylic acids is 1. The molecule has 1 atom stereocenters. The van der Waals surface area contributed by atoms with Gasteiger partial charge >= 0.3 is 0 Å². The lowest BCUT2D eigenvalue weighted by Gasteiger charge is -2.17. The van der Waals surface area contributed by atoms with Crippen molar-refractivity contribution in [1.29, 1.82) is 5.26 Å². The van der Waals surface area contributed by atoms with Crippen molar-refractivity contribution in [2.45, 2.75) is 26.2 Å². The summed E-state index contributed by atoms with van der Waals surface area (Å²) in [6, 6.07) is 17.1. The molecule has 0 fully saturated rings. The number of amides is 1. The summed E-state index contributed by atoms with van der Waals surface area (Å²) in [5.74, 6) is 1.61. The lowest BCUT2D eigenvalue weighted by atomic mass is 9.88. The van der Waals surface area contributed by atoms with Crippen LogP contribution in [0.5, 0.6) is 11.5 Å². The molecule has 2 heterocycles. The standard InChI is InChI=1S/C28H25N3O3S/c1-16-8-10-19-22(15-29)28(35-26(19)12-16)31-27(32)20-14-24(30-23-7-5-4-6-18(20)23)21-13-17(33-2)9-11-25(21)34-3/h4-7,9,11,13-14,16H,8,10,12H2,1-3H3,(H,31,32)/t16-/m1/s1. The van der Waals surface area contributed by atoms with Crippen LogP contribution < -0.4 is 14.8 Å². The first-order valence-electron chi connectivity index (χ1n) is 11.5. The van der Waals surface area contributed by atoms with E-state index in [0.29, 0.717) is 44.8 Å². The highest BCUT2D eigenvalue weighted by atomic mass is 32.1. The van der Waals surface area contributed by atoms with Gasteiger partial charge in [0.15, 0.2) is 0 Å². The van der Waals surface area contributed by atoms with E-state index in [1.807, 2.05) is 42.5 Å². The van der Waals surface area contributed by atoms with Gasteiger partial charge in [-0.05, 0) is 61.1 Å². The van der Waals surface area contributed by atoms with E-state index in [1.54, 1.807) is 20.3 Å². The highest BCUT2D eigenvalue weighted by Crippen LogP contribution is 2.40. The number of nitriles is 1. The molecule has 35 heavy (non-hydrogen) atoms. The fourth-order valence-corrected chi connectivity index (χ4v) is 6.00. The number of fused-ring (bicyclic) bond motifs is 2. The van der Waals surface area contributed by atoms with Gasteiger partial charge in [-0.2, -0.15) is 5.26 Å². The molecule has 4 aromatic rings. The number of aromatic nitrogens is 1. The van der Waals surface area contributed by atoms with Crippen LogP contribution in [0.4, 0.5) is 5.00 Å². The van der Waals surface area contributed by atoms with Crippen LogP contribution in [0.15, 0.2) is 48.5 Å². The maximum atomic E-state index is 13.6. The van der Waals surface area contributed by atoms with Crippen molar-refractivity contribution in [3.8, 4) is 28.8 Å². The fourth-order valence-electron chi connectivity index (χ4n) is 4.64. The minimum Gasteiger partial charge on any atom is -0.497 e. The van der Waals surface area contributed by atoms with Crippen molar-refractivity contribution < 1.29 is 14.3 Å². The molecule has 7 heteroatoms. The molecule has 176 valence electrons. The quantitative estimate of drug-likeness (QED) is 0.364. The van der Waals surface area contributed by atoms with Gasteiger partial charge in [0.1, 0.15) is 22.6 Å². The zero-order valence-electron chi connectivity index (χ0n) is 19.8. The van der Waals surface area contributed by atoms with Crippen LogP contribution in [0.25, 0.3) is 22.2 Å². The zero-order chi connectivity index (χ0) is 24.5. The molecule has 5 rings (SSSR count). The number of benzene rings is 2. The molecule has 0 bridgehead atoms. The normalized spacial score (nSPS) is 14.7. The number of rotatable bonds is 5. The molecular formula is C28H25N3O3S. The maximum Gasteiger partial charge on any atom is 0.257 e. The monoisotopic (exact) mass is 483 g/mol.